The van der Waals surface area contributed by atoms with E-state index < -0.39 is 0 Å². The summed E-state index contributed by atoms with van der Waals surface area (Å²) >= 11 is 0. The summed E-state index contributed by atoms with van der Waals surface area (Å²) in [5.41, 5.74) is 0. The third-order valence-corrected chi connectivity index (χ3v) is 1.60. The number of hydrogen-bond acceptors (Lipinski definition) is 2. The van der Waals surface area contributed by atoms with Crippen molar-refractivity contribution in [2.24, 2.45) is 5.92 Å². The van der Waals surface area contributed by atoms with Crippen molar-refractivity contribution in [2.45, 2.75) is 13.8 Å². The Labute approximate surface area is 63.2 Å². The van der Waals surface area contributed by atoms with E-state index in [4.69, 9.17) is 4.74 Å². The molecule has 59 valence electrons. The maximum absolute atomic E-state index is 5.11. The molecule has 1 aliphatic heterocycles. The van der Waals surface area contributed by atoms with E-state index in [0.717, 1.165) is 25.6 Å². The van der Waals surface area contributed by atoms with Gasteiger partial charge in [-0.05, 0) is 5.92 Å². The SMILES string of the molecule is CC(C)CN1C[CH]OCC1. The van der Waals surface area contributed by atoms with Gasteiger partial charge in [0.25, 0.3) is 0 Å². The third-order valence-electron chi connectivity index (χ3n) is 1.60. The second-order valence-electron chi connectivity index (χ2n) is 3.19. The number of nitrogens with zero attached hydrogens (tertiary/aromatic N) is 1. The summed E-state index contributed by atoms with van der Waals surface area (Å²) in [7, 11) is 0. The lowest BCUT2D eigenvalue weighted by atomic mass is 10.2. The molecule has 0 aliphatic carbocycles. The zero-order valence-electron chi connectivity index (χ0n) is 6.84. The van der Waals surface area contributed by atoms with E-state index in [0.29, 0.717) is 0 Å². The van der Waals surface area contributed by atoms with Crippen LogP contribution in [0, 0.1) is 12.5 Å². The molecule has 10 heavy (non-hydrogen) atoms. The molecular formula is C8H16NO. The van der Waals surface area contributed by atoms with Gasteiger partial charge in [-0.25, -0.2) is 0 Å². The van der Waals surface area contributed by atoms with E-state index in [1.165, 1.54) is 6.54 Å². The Hall–Kier alpha value is -0.0800. The first-order valence-electron chi connectivity index (χ1n) is 3.94. The number of ether oxygens (including phenoxy) is 1. The van der Waals surface area contributed by atoms with Gasteiger partial charge in [0, 0.05) is 19.6 Å². The second-order valence-corrected chi connectivity index (χ2v) is 3.19. The molecule has 0 saturated carbocycles. The third kappa shape index (κ3) is 2.67. The van der Waals surface area contributed by atoms with Gasteiger partial charge in [-0.3, -0.25) is 4.90 Å². The fourth-order valence-corrected chi connectivity index (χ4v) is 1.20. The Balaban J connectivity index is 2.13. The first-order valence-corrected chi connectivity index (χ1v) is 3.94. The van der Waals surface area contributed by atoms with Crippen LogP contribution >= 0.6 is 0 Å². The molecule has 0 bridgehead atoms. The Morgan fingerprint density at radius 2 is 2.40 bits per heavy atom. The highest BCUT2D eigenvalue weighted by Gasteiger charge is 2.10. The van der Waals surface area contributed by atoms with Crippen molar-refractivity contribution in [3.8, 4) is 0 Å². The molecule has 1 rings (SSSR count). The highest BCUT2D eigenvalue weighted by molar-refractivity contribution is 4.69. The van der Waals surface area contributed by atoms with Crippen molar-refractivity contribution in [3.63, 3.8) is 0 Å². The number of hydrogen-bond donors (Lipinski definition) is 0. The minimum absolute atomic E-state index is 0.770. The van der Waals surface area contributed by atoms with Gasteiger partial charge < -0.3 is 4.74 Å². The fourth-order valence-electron chi connectivity index (χ4n) is 1.20. The van der Waals surface area contributed by atoms with Gasteiger partial charge in [0.05, 0.1) is 13.2 Å². The van der Waals surface area contributed by atoms with Crippen molar-refractivity contribution in [3.05, 3.63) is 6.61 Å². The van der Waals surface area contributed by atoms with Crippen LogP contribution in [-0.4, -0.2) is 31.1 Å². The van der Waals surface area contributed by atoms with Crippen molar-refractivity contribution < 1.29 is 4.74 Å². The molecule has 0 spiro atoms. The molecule has 1 radical (unpaired) electrons. The first kappa shape index (κ1) is 8.02. The normalized spacial score (nSPS) is 21.9. The Bertz CT molecular complexity index is 87.3. The molecule has 1 saturated heterocycles. The van der Waals surface area contributed by atoms with Crippen LogP contribution in [-0.2, 0) is 4.74 Å². The molecule has 2 heteroatoms. The van der Waals surface area contributed by atoms with Crippen LogP contribution in [0.4, 0.5) is 0 Å². The molecular weight excluding hydrogens is 126 g/mol. The topological polar surface area (TPSA) is 12.5 Å². The molecule has 0 unspecified atom stereocenters. The largest absolute Gasteiger partial charge is 0.373 e. The van der Waals surface area contributed by atoms with E-state index in [1.54, 1.807) is 0 Å². The Kier molecular flexibility index (Phi) is 3.16. The lowest BCUT2D eigenvalue weighted by Gasteiger charge is -2.27. The zero-order valence-corrected chi connectivity index (χ0v) is 6.84. The maximum Gasteiger partial charge on any atom is 0.0976 e. The first-order chi connectivity index (χ1) is 4.79. The van der Waals surface area contributed by atoms with Crippen LogP contribution in [0.2, 0.25) is 0 Å². The fraction of sp³-hybridized carbons (Fsp3) is 0.875. The van der Waals surface area contributed by atoms with Gasteiger partial charge in [0.2, 0.25) is 0 Å². The van der Waals surface area contributed by atoms with Gasteiger partial charge >= 0.3 is 0 Å². The standard InChI is InChI=1S/C8H16NO/c1-8(2)7-9-3-5-10-6-4-9/h5,8H,3-4,6-7H2,1-2H3. The van der Waals surface area contributed by atoms with E-state index in [-0.39, 0.29) is 0 Å². The summed E-state index contributed by atoms with van der Waals surface area (Å²) in [5.74, 6) is 0.770. The van der Waals surface area contributed by atoms with Crippen LogP contribution in [0.5, 0.6) is 0 Å². The number of morpholine rings is 1. The minimum atomic E-state index is 0.770. The molecule has 1 fully saturated rings. The summed E-state index contributed by atoms with van der Waals surface area (Å²) in [6.45, 7) is 10.5. The van der Waals surface area contributed by atoms with Crippen LogP contribution in [0.1, 0.15) is 13.8 Å². The summed E-state index contributed by atoms with van der Waals surface area (Å²) in [6, 6.07) is 0. The predicted molar refractivity (Wildman–Crippen MR) is 41.5 cm³/mol. The predicted octanol–water partition coefficient (Wildman–Crippen LogP) is 1.14. The van der Waals surface area contributed by atoms with Crippen molar-refractivity contribution >= 4 is 0 Å². The number of rotatable bonds is 2. The van der Waals surface area contributed by atoms with E-state index in [1.807, 2.05) is 6.61 Å². The van der Waals surface area contributed by atoms with Gasteiger partial charge in [-0.15, -0.1) is 0 Å². The molecule has 1 aliphatic rings. The maximum atomic E-state index is 5.11. The van der Waals surface area contributed by atoms with Crippen LogP contribution in [0.25, 0.3) is 0 Å². The smallest absolute Gasteiger partial charge is 0.0976 e. The molecule has 1 heterocycles. The minimum Gasteiger partial charge on any atom is -0.373 e. The molecule has 0 aromatic carbocycles. The molecule has 0 N–H and O–H groups in total. The monoisotopic (exact) mass is 142 g/mol. The van der Waals surface area contributed by atoms with Crippen LogP contribution in [0.15, 0.2) is 0 Å². The Morgan fingerprint density at radius 3 is 2.90 bits per heavy atom. The van der Waals surface area contributed by atoms with E-state index in [2.05, 4.69) is 18.7 Å². The van der Waals surface area contributed by atoms with Crippen molar-refractivity contribution in [1.82, 2.24) is 4.90 Å². The summed E-state index contributed by atoms with van der Waals surface area (Å²) in [4.78, 5) is 2.41. The summed E-state index contributed by atoms with van der Waals surface area (Å²) in [6.07, 6.45) is 0. The molecule has 0 atom stereocenters. The average molecular weight is 142 g/mol. The van der Waals surface area contributed by atoms with Gasteiger partial charge in [0.15, 0.2) is 0 Å². The Morgan fingerprint density at radius 1 is 1.60 bits per heavy atom. The van der Waals surface area contributed by atoms with E-state index in [9.17, 15) is 0 Å². The summed E-state index contributed by atoms with van der Waals surface area (Å²) < 4.78 is 5.11. The van der Waals surface area contributed by atoms with Gasteiger partial charge in [-0.2, -0.15) is 0 Å². The van der Waals surface area contributed by atoms with Gasteiger partial charge in [-0.1, -0.05) is 13.8 Å². The molecule has 0 aromatic heterocycles. The lowest BCUT2D eigenvalue weighted by molar-refractivity contribution is 0.0785. The van der Waals surface area contributed by atoms with Crippen LogP contribution in [0.3, 0.4) is 0 Å². The molecule has 0 amide bonds. The highest BCUT2D eigenvalue weighted by atomic mass is 16.5. The quantitative estimate of drug-likeness (QED) is 0.573. The summed E-state index contributed by atoms with van der Waals surface area (Å²) in [5, 5.41) is 0. The van der Waals surface area contributed by atoms with Gasteiger partial charge in [0.1, 0.15) is 0 Å². The highest BCUT2D eigenvalue weighted by Crippen LogP contribution is 2.03. The lowest BCUT2D eigenvalue weighted by Crippen LogP contribution is -2.36. The molecule has 0 aromatic rings. The second kappa shape index (κ2) is 3.94. The molecule has 2 nitrogen and oxygen atoms in total. The van der Waals surface area contributed by atoms with E-state index >= 15 is 0 Å². The van der Waals surface area contributed by atoms with Crippen LogP contribution < -0.4 is 0 Å². The average Bonchev–Trinajstić information content (AvgIpc) is 1.88. The van der Waals surface area contributed by atoms with Crippen molar-refractivity contribution in [2.75, 3.05) is 26.2 Å². The van der Waals surface area contributed by atoms with Crippen molar-refractivity contribution in [1.29, 1.82) is 0 Å². The zero-order chi connectivity index (χ0) is 7.40.